The van der Waals surface area contributed by atoms with Crippen molar-refractivity contribution in [3.63, 3.8) is 0 Å². The number of hydrogen-bond donors (Lipinski definition) is 8. The summed E-state index contributed by atoms with van der Waals surface area (Å²) < 4.78 is 78.6. The van der Waals surface area contributed by atoms with Crippen LogP contribution in [0.15, 0.2) is 0 Å². The molecule has 34 heavy (non-hydrogen) atoms. The molecule has 0 saturated carbocycles. The average Bonchev–Trinajstić information content (AvgIpc) is 2.71. The second-order valence-corrected chi connectivity index (χ2v) is 9.14. The van der Waals surface area contributed by atoms with Crippen LogP contribution in [-0.4, -0.2) is 132 Å². The minimum Gasteiger partial charge on any atom is -0.388 e. The molecule has 0 aromatic carbocycles. The second kappa shape index (κ2) is 12.5. The summed E-state index contributed by atoms with van der Waals surface area (Å²) >= 11 is 0. The Bertz CT molecular complexity index is 894. The van der Waals surface area contributed by atoms with Gasteiger partial charge in [-0.25, -0.2) is 8.37 Å². The molecule has 1 aliphatic heterocycles. The molecule has 1 heterocycles. The first kappa shape index (κ1) is 30.6. The number of aliphatic hydroxyl groups is 5. The lowest BCUT2D eigenvalue weighted by atomic mass is 9.98. The van der Waals surface area contributed by atoms with Crippen LogP contribution in [0.5, 0.6) is 0 Å². The molecule has 1 amide bonds. The number of ether oxygens (including phenoxy) is 2. The van der Waals surface area contributed by atoms with Crippen molar-refractivity contribution in [2.24, 2.45) is 0 Å². The number of carbonyl (C=O) groups excluding carboxylic acids is 2. The third-order valence-corrected chi connectivity index (χ3v) is 5.20. The molecule has 1 aliphatic rings. The molecule has 0 radical (unpaired) electrons. The molecule has 20 heteroatoms. The molecule has 1 rings (SSSR count). The van der Waals surface area contributed by atoms with Gasteiger partial charge in [0.05, 0.1) is 13.2 Å². The highest BCUT2D eigenvalue weighted by molar-refractivity contribution is 7.81. The number of carbonyl (C=O) groups is 2. The zero-order chi connectivity index (χ0) is 26.4. The van der Waals surface area contributed by atoms with Gasteiger partial charge in [0.15, 0.2) is 6.29 Å². The first-order chi connectivity index (χ1) is 15.5. The Labute approximate surface area is 192 Å². The van der Waals surface area contributed by atoms with E-state index in [0.29, 0.717) is 0 Å². The standard InChI is InChI=1S/C14H25NO17S2/c1-5(17)15-6(2-16)9(19)13(7(18)3-29-33(23,24)25)32-14-12(22)11(21)10(20)8(31-14)4-30-34(26,27)28/h2,6-14,18-22H,3-4H2,1H3,(H,15,17)(H,23,24,25)(H,26,27,28)/t6-,7+,8+,9+,10-,11-,12+,13+,14-/m0/s1. The monoisotopic (exact) mass is 543 g/mol. The Hall–Kier alpha value is -1.40. The van der Waals surface area contributed by atoms with Crippen LogP contribution in [0.25, 0.3) is 0 Å². The summed E-state index contributed by atoms with van der Waals surface area (Å²) in [5.41, 5.74) is 0. The van der Waals surface area contributed by atoms with Gasteiger partial charge in [0.25, 0.3) is 0 Å². The van der Waals surface area contributed by atoms with Gasteiger partial charge >= 0.3 is 20.8 Å². The maximum absolute atomic E-state index is 11.3. The molecule has 18 nitrogen and oxygen atoms in total. The van der Waals surface area contributed by atoms with Crippen molar-refractivity contribution in [2.45, 2.75) is 62.0 Å². The Morgan fingerprint density at radius 2 is 1.59 bits per heavy atom. The van der Waals surface area contributed by atoms with Crippen molar-refractivity contribution in [3.8, 4) is 0 Å². The maximum atomic E-state index is 11.3. The van der Waals surface area contributed by atoms with Gasteiger partial charge in [0.2, 0.25) is 5.91 Å². The summed E-state index contributed by atoms with van der Waals surface area (Å²) in [6, 6.07) is -1.78. The fourth-order valence-electron chi connectivity index (χ4n) is 2.76. The first-order valence-electron chi connectivity index (χ1n) is 9.14. The van der Waals surface area contributed by atoms with Crippen LogP contribution >= 0.6 is 0 Å². The number of amides is 1. The lowest BCUT2D eigenvalue weighted by Gasteiger charge is -2.42. The van der Waals surface area contributed by atoms with Crippen LogP contribution in [0.3, 0.4) is 0 Å². The van der Waals surface area contributed by atoms with Gasteiger partial charge in [0, 0.05) is 6.92 Å². The number of rotatable bonds is 13. The van der Waals surface area contributed by atoms with E-state index in [4.69, 9.17) is 18.6 Å². The van der Waals surface area contributed by atoms with Gasteiger partial charge in [-0.1, -0.05) is 0 Å². The topological polar surface area (TPSA) is 293 Å². The maximum Gasteiger partial charge on any atom is 0.397 e. The summed E-state index contributed by atoms with van der Waals surface area (Å²) in [7, 11) is -10.1. The van der Waals surface area contributed by atoms with Gasteiger partial charge < -0.3 is 45.1 Å². The van der Waals surface area contributed by atoms with Gasteiger partial charge in [-0.3, -0.25) is 13.9 Å². The molecule has 0 aromatic rings. The van der Waals surface area contributed by atoms with E-state index in [0.717, 1.165) is 6.92 Å². The van der Waals surface area contributed by atoms with Crippen molar-refractivity contribution >= 4 is 33.0 Å². The van der Waals surface area contributed by atoms with Gasteiger partial charge in [-0.15, -0.1) is 0 Å². The second-order valence-electron chi connectivity index (χ2n) is 6.96. The summed E-state index contributed by atoms with van der Waals surface area (Å²) in [6.45, 7) is -1.42. The minimum absolute atomic E-state index is 0.0122. The molecule has 1 fully saturated rings. The van der Waals surface area contributed by atoms with Crippen molar-refractivity contribution in [2.75, 3.05) is 13.2 Å². The molecule has 8 N–H and O–H groups in total. The van der Waals surface area contributed by atoms with E-state index in [-0.39, 0.29) is 6.29 Å². The van der Waals surface area contributed by atoms with E-state index in [1.807, 2.05) is 5.32 Å². The summed E-state index contributed by atoms with van der Waals surface area (Å²) in [4.78, 5) is 22.5. The normalized spacial score (nSPS) is 29.6. The number of aldehydes is 1. The predicted molar refractivity (Wildman–Crippen MR) is 102 cm³/mol. The zero-order valence-electron chi connectivity index (χ0n) is 17.2. The van der Waals surface area contributed by atoms with Crippen LogP contribution in [0, 0.1) is 0 Å². The third-order valence-electron chi connectivity index (χ3n) is 4.33. The average molecular weight is 543 g/mol. The highest BCUT2D eigenvalue weighted by Crippen LogP contribution is 2.25. The lowest BCUT2D eigenvalue weighted by molar-refractivity contribution is -0.323. The van der Waals surface area contributed by atoms with E-state index in [1.54, 1.807) is 0 Å². The van der Waals surface area contributed by atoms with E-state index >= 15 is 0 Å². The Balaban J connectivity index is 3.18. The quantitative estimate of drug-likeness (QED) is 0.0792. The van der Waals surface area contributed by atoms with Gasteiger partial charge in [-0.2, -0.15) is 16.8 Å². The molecule has 0 spiro atoms. The fourth-order valence-corrected chi connectivity index (χ4v) is 3.38. The molecule has 200 valence electrons. The van der Waals surface area contributed by atoms with E-state index in [9.17, 15) is 52.0 Å². The minimum atomic E-state index is -5.10. The summed E-state index contributed by atoms with van der Waals surface area (Å²) in [5.74, 6) is -0.825. The summed E-state index contributed by atoms with van der Waals surface area (Å²) in [6.07, 6.45) is -16.7. The third kappa shape index (κ3) is 9.69. The summed E-state index contributed by atoms with van der Waals surface area (Å²) in [5, 5.41) is 52.7. The first-order valence-corrected chi connectivity index (χ1v) is 11.9. The molecular weight excluding hydrogens is 518 g/mol. The number of hydrogen-bond acceptors (Lipinski definition) is 15. The molecule has 0 aliphatic carbocycles. The van der Waals surface area contributed by atoms with E-state index < -0.39 is 95.0 Å². The molecule has 0 aromatic heterocycles. The predicted octanol–water partition coefficient (Wildman–Crippen LogP) is -5.76. The van der Waals surface area contributed by atoms with Crippen molar-refractivity contribution < 1.29 is 78.9 Å². The smallest absolute Gasteiger partial charge is 0.388 e. The highest BCUT2D eigenvalue weighted by atomic mass is 32.3. The van der Waals surface area contributed by atoms with Gasteiger partial charge in [-0.05, 0) is 0 Å². The van der Waals surface area contributed by atoms with Crippen molar-refractivity contribution in [1.29, 1.82) is 0 Å². The Morgan fingerprint density at radius 3 is 2.06 bits per heavy atom. The molecule has 1 saturated heterocycles. The largest absolute Gasteiger partial charge is 0.397 e. The highest BCUT2D eigenvalue weighted by Gasteiger charge is 2.47. The molecule has 9 atom stereocenters. The van der Waals surface area contributed by atoms with Crippen LogP contribution in [0.2, 0.25) is 0 Å². The number of aliphatic hydroxyl groups excluding tert-OH is 5. The van der Waals surface area contributed by atoms with Crippen LogP contribution in [-0.2, 0) is 48.2 Å². The van der Waals surface area contributed by atoms with Gasteiger partial charge in [0.1, 0.15) is 55.1 Å². The molecule has 0 bridgehead atoms. The fraction of sp³-hybridized carbons (Fsp3) is 0.857. The zero-order valence-corrected chi connectivity index (χ0v) is 18.9. The number of nitrogens with one attached hydrogen (secondary N) is 1. The van der Waals surface area contributed by atoms with E-state index in [1.165, 1.54) is 0 Å². The lowest BCUT2D eigenvalue weighted by Crippen LogP contribution is -2.62. The van der Waals surface area contributed by atoms with Crippen LogP contribution < -0.4 is 5.32 Å². The SMILES string of the molecule is CC(=O)N[C@@H](C=O)[C@@H](O)[C@H](O[C@@H]1O[C@H](COS(=O)(=O)O)[C@H](O)[C@H](O)[C@H]1O)[C@H](O)COS(=O)(=O)O. The Morgan fingerprint density at radius 1 is 1.03 bits per heavy atom. The van der Waals surface area contributed by atoms with E-state index in [2.05, 4.69) is 8.37 Å². The van der Waals surface area contributed by atoms with Crippen LogP contribution in [0.1, 0.15) is 6.92 Å². The molecule has 0 unspecified atom stereocenters. The van der Waals surface area contributed by atoms with Crippen molar-refractivity contribution in [3.05, 3.63) is 0 Å². The van der Waals surface area contributed by atoms with Crippen molar-refractivity contribution in [1.82, 2.24) is 5.32 Å². The van der Waals surface area contributed by atoms with Crippen LogP contribution in [0.4, 0.5) is 0 Å². The Kier molecular flexibility index (Phi) is 11.3. The molecular formula is C14H25NO17S2.